The zero-order chi connectivity index (χ0) is 17.7. The van der Waals surface area contributed by atoms with Crippen molar-refractivity contribution in [1.29, 1.82) is 0 Å². The minimum Gasteiger partial charge on any atom is -0.481 e. The third-order valence-electron chi connectivity index (χ3n) is 4.13. The van der Waals surface area contributed by atoms with Crippen molar-refractivity contribution >= 4 is 21.9 Å². The molecule has 1 amide bonds. The van der Waals surface area contributed by atoms with Crippen LogP contribution in [0, 0.1) is 0 Å². The molecule has 132 valence electrons. The average Bonchev–Trinajstić information content (AvgIpc) is 3.06. The van der Waals surface area contributed by atoms with E-state index < -0.39 is 22.0 Å². The second-order valence-corrected chi connectivity index (χ2v) is 7.54. The van der Waals surface area contributed by atoms with E-state index >= 15 is 0 Å². The number of sulfonamides is 1. The van der Waals surface area contributed by atoms with Crippen LogP contribution in [0.3, 0.4) is 0 Å². The topological polar surface area (TPSA) is 95.0 Å². The predicted molar refractivity (Wildman–Crippen MR) is 87.9 cm³/mol. The summed E-state index contributed by atoms with van der Waals surface area (Å²) in [6.45, 7) is 2.48. The summed E-state index contributed by atoms with van der Waals surface area (Å²) in [4.78, 5) is 25.0. The normalized spacial score (nSPS) is 18.5. The molecule has 1 fully saturated rings. The second-order valence-electron chi connectivity index (χ2n) is 5.65. The van der Waals surface area contributed by atoms with Gasteiger partial charge in [-0.05, 0) is 31.9 Å². The molecule has 1 heterocycles. The monoisotopic (exact) mass is 354 g/mol. The number of carboxylic acid groups (broad SMARTS) is 1. The van der Waals surface area contributed by atoms with Crippen LogP contribution in [0.1, 0.15) is 26.2 Å². The van der Waals surface area contributed by atoms with Gasteiger partial charge in [-0.2, -0.15) is 4.31 Å². The molecule has 1 atom stereocenters. The number of benzene rings is 1. The molecule has 0 saturated carbocycles. The molecule has 1 saturated heterocycles. The fourth-order valence-corrected chi connectivity index (χ4v) is 4.54. The molecule has 1 unspecified atom stereocenters. The summed E-state index contributed by atoms with van der Waals surface area (Å²) in [5.41, 5.74) is 0. The summed E-state index contributed by atoms with van der Waals surface area (Å²) in [5.74, 6) is -1.31. The van der Waals surface area contributed by atoms with Crippen molar-refractivity contribution in [2.45, 2.75) is 37.1 Å². The molecule has 0 spiro atoms. The highest BCUT2D eigenvalue weighted by Crippen LogP contribution is 2.27. The summed E-state index contributed by atoms with van der Waals surface area (Å²) < 4.78 is 26.8. The molecule has 24 heavy (non-hydrogen) atoms. The number of hydrogen-bond donors (Lipinski definition) is 1. The maximum absolute atomic E-state index is 12.8. The number of hydrogen-bond acceptors (Lipinski definition) is 4. The van der Waals surface area contributed by atoms with Gasteiger partial charge in [0.15, 0.2) is 0 Å². The van der Waals surface area contributed by atoms with Crippen LogP contribution in [0.5, 0.6) is 0 Å². The Balaban J connectivity index is 2.20. The molecular weight excluding hydrogens is 332 g/mol. The van der Waals surface area contributed by atoms with Crippen molar-refractivity contribution in [2.24, 2.45) is 0 Å². The lowest BCUT2D eigenvalue weighted by molar-refractivity contribution is -0.139. The van der Waals surface area contributed by atoms with Crippen molar-refractivity contribution in [3.63, 3.8) is 0 Å². The highest BCUT2D eigenvalue weighted by Gasteiger charge is 2.40. The Morgan fingerprint density at radius 1 is 1.29 bits per heavy atom. The van der Waals surface area contributed by atoms with E-state index in [1.807, 2.05) is 0 Å². The maximum atomic E-state index is 12.8. The van der Waals surface area contributed by atoms with E-state index in [1.165, 1.54) is 21.3 Å². The van der Waals surface area contributed by atoms with Gasteiger partial charge >= 0.3 is 5.97 Å². The minimum absolute atomic E-state index is 0.0837. The third-order valence-corrected chi connectivity index (χ3v) is 6.05. The zero-order valence-electron chi connectivity index (χ0n) is 13.6. The van der Waals surface area contributed by atoms with Crippen LogP contribution in [0.2, 0.25) is 0 Å². The van der Waals surface area contributed by atoms with Crippen LogP contribution in [-0.4, -0.2) is 60.3 Å². The van der Waals surface area contributed by atoms with Crippen molar-refractivity contribution in [1.82, 2.24) is 9.21 Å². The minimum atomic E-state index is -3.74. The number of nitrogens with zero attached hydrogens (tertiary/aromatic N) is 2. The third kappa shape index (κ3) is 3.93. The molecule has 8 heteroatoms. The van der Waals surface area contributed by atoms with Crippen molar-refractivity contribution in [3.05, 3.63) is 30.3 Å². The fourth-order valence-electron chi connectivity index (χ4n) is 2.87. The van der Waals surface area contributed by atoms with E-state index in [9.17, 15) is 18.0 Å². The van der Waals surface area contributed by atoms with Gasteiger partial charge in [-0.1, -0.05) is 18.2 Å². The Kier molecular flexibility index (Phi) is 5.95. The van der Waals surface area contributed by atoms with Crippen LogP contribution in [0.25, 0.3) is 0 Å². The Labute approximate surface area is 141 Å². The molecule has 1 aliphatic rings. The van der Waals surface area contributed by atoms with Gasteiger partial charge < -0.3 is 10.0 Å². The number of carbonyl (C=O) groups is 2. The highest BCUT2D eigenvalue weighted by atomic mass is 32.2. The first-order chi connectivity index (χ1) is 11.4. The van der Waals surface area contributed by atoms with Gasteiger partial charge in [0.1, 0.15) is 6.04 Å². The zero-order valence-corrected chi connectivity index (χ0v) is 14.4. The first kappa shape index (κ1) is 18.4. The van der Waals surface area contributed by atoms with E-state index in [1.54, 1.807) is 25.1 Å². The van der Waals surface area contributed by atoms with Crippen LogP contribution in [0.4, 0.5) is 0 Å². The standard InChI is InChI=1S/C16H22N2O5S/c1-2-17(12-10-15(19)20)16(21)14-9-6-11-18(14)24(22,23)13-7-4-3-5-8-13/h3-5,7-8,14H,2,6,9-12H2,1H3,(H,19,20). The Hall–Kier alpha value is -1.93. The Morgan fingerprint density at radius 3 is 2.54 bits per heavy atom. The van der Waals surface area contributed by atoms with Gasteiger partial charge in [-0.15, -0.1) is 0 Å². The van der Waals surface area contributed by atoms with Crippen LogP contribution in [-0.2, 0) is 19.6 Å². The predicted octanol–water partition coefficient (Wildman–Crippen LogP) is 1.16. The number of rotatable bonds is 7. The summed E-state index contributed by atoms with van der Waals surface area (Å²) in [5, 5.41) is 8.79. The highest BCUT2D eigenvalue weighted by molar-refractivity contribution is 7.89. The SMILES string of the molecule is CCN(CCC(=O)O)C(=O)C1CCCN1S(=O)(=O)c1ccccc1. The molecule has 2 rings (SSSR count). The van der Waals surface area contributed by atoms with Crippen LogP contribution in [0.15, 0.2) is 35.2 Å². The van der Waals surface area contributed by atoms with Crippen molar-refractivity contribution in [2.75, 3.05) is 19.6 Å². The molecule has 1 N–H and O–H groups in total. The van der Waals surface area contributed by atoms with Gasteiger partial charge in [-0.25, -0.2) is 8.42 Å². The fraction of sp³-hybridized carbons (Fsp3) is 0.500. The number of carbonyl (C=O) groups excluding carboxylic acids is 1. The lowest BCUT2D eigenvalue weighted by Gasteiger charge is -2.29. The molecule has 7 nitrogen and oxygen atoms in total. The Bertz CT molecular complexity index is 690. The van der Waals surface area contributed by atoms with E-state index in [2.05, 4.69) is 0 Å². The lowest BCUT2D eigenvalue weighted by Crippen LogP contribution is -2.48. The first-order valence-corrected chi connectivity index (χ1v) is 9.39. The average molecular weight is 354 g/mol. The molecular formula is C16H22N2O5S. The van der Waals surface area contributed by atoms with Gasteiger partial charge in [0, 0.05) is 19.6 Å². The van der Waals surface area contributed by atoms with Gasteiger partial charge in [0.2, 0.25) is 15.9 Å². The molecule has 0 radical (unpaired) electrons. The molecule has 0 aromatic heterocycles. The van der Waals surface area contributed by atoms with Crippen molar-refractivity contribution < 1.29 is 23.1 Å². The molecule has 1 aromatic rings. The van der Waals surface area contributed by atoms with Gasteiger partial charge in [-0.3, -0.25) is 9.59 Å². The van der Waals surface area contributed by atoms with E-state index in [0.717, 1.165) is 0 Å². The quantitative estimate of drug-likeness (QED) is 0.793. The molecule has 1 aromatic carbocycles. The van der Waals surface area contributed by atoms with Crippen molar-refractivity contribution in [3.8, 4) is 0 Å². The smallest absolute Gasteiger partial charge is 0.305 e. The first-order valence-electron chi connectivity index (χ1n) is 7.95. The van der Waals surface area contributed by atoms with Crippen LogP contribution >= 0.6 is 0 Å². The largest absolute Gasteiger partial charge is 0.481 e. The van der Waals surface area contributed by atoms with Gasteiger partial charge in [0.05, 0.1) is 11.3 Å². The van der Waals surface area contributed by atoms with Gasteiger partial charge in [0.25, 0.3) is 0 Å². The Morgan fingerprint density at radius 2 is 1.96 bits per heavy atom. The molecule has 0 bridgehead atoms. The number of likely N-dealkylation sites (N-methyl/N-ethyl adjacent to an activating group) is 1. The number of aliphatic carboxylic acids is 1. The number of carboxylic acids is 1. The van der Waals surface area contributed by atoms with E-state index in [0.29, 0.717) is 25.9 Å². The van der Waals surface area contributed by atoms with E-state index in [-0.39, 0.29) is 23.8 Å². The molecule has 0 aliphatic carbocycles. The van der Waals surface area contributed by atoms with Crippen LogP contribution < -0.4 is 0 Å². The van der Waals surface area contributed by atoms with E-state index in [4.69, 9.17) is 5.11 Å². The number of amides is 1. The maximum Gasteiger partial charge on any atom is 0.305 e. The molecule has 1 aliphatic heterocycles. The summed E-state index contributed by atoms with van der Waals surface area (Å²) in [6, 6.07) is 7.28. The second kappa shape index (κ2) is 7.76. The summed E-state index contributed by atoms with van der Waals surface area (Å²) in [7, 11) is -3.74. The summed E-state index contributed by atoms with van der Waals surface area (Å²) in [6.07, 6.45) is 0.908. The summed E-state index contributed by atoms with van der Waals surface area (Å²) >= 11 is 0. The lowest BCUT2D eigenvalue weighted by atomic mass is 10.2.